The van der Waals surface area contributed by atoms with Crippen LogP contribution in [-0.4, -0.2) is 15.5 Å². The molecule has 140 valence electrons. The highest BCUT2D eigenvalue weighted by Gasteiger charge is 2.14. The van der Waals surface area contributed by atoms with Gasteiger partial charge in [-0.3, -0.25) is 4.72 Å². The molecule has 0 unspecified atom stereocenters. The van der Waals surface area contributed by atoms with Gasteiger partial charge >= 0.3 is 0 Å². The van der Waals surface area contributed by atoms with Crippen LogP contribution >= 0.6 is 0 Å². The van der Waals surface area contributed by atoms with Crippen molar-refractivity contribution in [1.29, 1.82) is 0 Å². The van der Waals surface area contributed by atoms with Crippen molar-refractivity contribution in [2.45, 2.75) is 18.4 Å². The maximum Gasteiger partial charge on any atom is 0.261 e. The largest absolute Gasteiger partial charge is 0.497 e. The van der Waals surface area contributed by atoms with E-state index >= 15 is 0 Å². The molecule has 27 heavy (non-hydrogen) atoms. The molecular formula is C21H22N2O3S. The van der Waals surface area contributed by atoms with E-state index in [9.17, 15) is 8.42 Å². The Morgan fingerprint density at radius 3 is 2.11 bits per heavy atom. The monoisotopic (exact) mass is 382 g/mol. The summed E-state index contributed by atoms with van der Waals surface area (Å²) in [4.78, 5) is 0.185. The zero-order valence-electron chi connectivity index (χ0n) is 15.3. The van der Waals surface area contributed by atoms with E-state index in [0.717, 1.165) is 5.69 Å². The molecule has 3 aromatic carbocycles. The van der Waals surface area contributed by atoms with Gasteiger partial charge in [-0.05, 0) is 66.6 Å². The van der Waals surface area contributed by atoms with Crippen LogP contribution in [0.5, 0.6) is 5.75 Å². The predicted octanol–water partition coefficient (Wildman–Crippen LogP) is 4.42. The fourth-order valence-electron chi connectivity index (χ4n) is 2.63. The highest BCUT2D eigenvalue weighted by molar-refractivity contribution is 7.92. The minimum Gasteiger partial charge on any atom is -0.497 e. The van der Waals surface area contributed by atoms with Crippen molar-refractivity contribution in [2.24, 2.45) is 0 Å². The molecule has 0 fully saturated rings. The third-order valence-electron chi connectivity index (χ3n) is 4.25. The van der Waals surface area contributed by atoms with Crippen molar-refractivity contribution in [3.05, 3.63) is 83.9 Å². The molecule has 0 saturated carbocycles. The highest BCUT2D eigenvalue weighted by Crippen LogP contribution is 2.21. The van der Waals surface area contributed by atoms with Crippen LogP contribution in [0.15, 0.2) is 77.7 Å². The van der Waals surface area contributed by atoms with Crippen molar-refractivity contribution < 1.29 is 13.2 Å². The number of nitrogens with one attached hydrogen (secondary N) is 2. The van der Waals surface area contributed by atoms with Crippen molar-refractivity contribution in [3.63, 3.8) is 0 Å². The Hall–Kier alpha value is -2.99. The van der Waals surface area contributed by atoms with Crippen LogP contribution in [-0.2, 0) is 16.6 Å². The first-order valence-corrected chi connectivity index (χ1v) is 10.0. The molecule has 5 nitrogen and oxygen atoms in total. The molecule has 0 heterocycles. The lowest BCUT2D eigenvalue weighted by molar-refractivity contribution is 0.414. The van der Waals surface area contributed by atoms with Crippen LogP contribution in [0.4, 0.5) is 11.4 Å². The fraction of sp³-hybridized carbons (Fsp3) is 0.143. The van der Waals surface area contributed by atoms with Crippen molar-refractivity contribution in [2.75, 3.05) is 17.1 Å². The van der Waals surface area contributed by atoms with Gasteiger partial charge in [-0.25, -0.2) is 8.42 Å². The average molecular weight is 382 g/mol. The van der Waals surface area contributed by atoms with Gasteiger partial charge in [0.05, 0.1) is 12.0 Å². The molecule has 0 aliphatic carbocycles. The van der Waals surface area contributed by atoms with Crippen molar-refractivity contribution in [3.8, 4) is 5.75 Å². The van der Waals surface area contributed by atoms with Gasteiger partial charge in [0.15, 0.2) is 0 Å². The molecule has 0 aromatic heterocycles. The van der Waals surface area contributed by atoms with Gasteiger partial charge in [-0.2, -0.15) is 0 Å². The van der Waals surface area contributed by atoms with Gasteiger partial charge in [-0.15, -0.1) is 0 Å². The molecule has 2 N–H and O–H groups in total. The first-order chi connectivity index (χ1) is 13.0. The number of rotatable bonds is 7. The lowest BCUT2D eigenvalue weighted by Crippen LogP contribution is -2.12. The maximum atomic E-state index is 12.5. The molecule has 6 heteroatoms. The molecule has 0 radical (unpaired) electrons. The number of anilines is 2. The second-order valence-electron chi connectivity index (χ2n) is 6.14. The third-order valence-corrected chi connectivity index (χ3v) is 5.65. The number of hydrogen-bond donors (Lipinski definition) is 2. The molecular weight excluding hydrogens is 360 g/mol. The second-order valence-corrected chi connectivity index (χ2v) is 7.82. The number of ether oxygens (including phenoxy) is 1. The predicted molar refractivity (Wildman–Crippen MR) is 109 cm³/mol. The van der Waals surface area contributed by atoms with Crippen molar-refractivity contribution >= 4 is 21.4 Å². The summed E-state index contributed by atoms with van der Waals surface area (Å²) in [5.41, 5.74) is 3.88. The van der Waals surface area contributed by atoms with Gasteiger partial charge in [0.25, 0.3) is 10.0 Å². The number of sulfonamides is 1. The third kappa shape index (κ3) is 4.80. The van der Waals surface area contributed by atoms with E-state index in [1.54, 1.807) is 24.3 Å². The smallest absolute Gasteiger partial charge is 0.261 e. The molecule has 0 aliphatic heterocycles. The summed E-state index contributed by atoms with van der Waals surface area (Å²) in [6.45, 7) is 2.79. The van der Waals surface area contributed by atoms with Gasteiger partial charge in [0.2, 0.25) is 0 Å². The topological polar surface area (TPSA) is 67.4 Å². The Bertz CT molecular complexity index is 998. The Morgan fingerprint density at radius 1 is 0.852 bits per heavy atom. The summed E-state index contributed by atoms with van der Waals surface area (Å²) in [7, 11) is -2.10. The molecule has 0 saturated heterocycles. The molecule has 0 amide bonds. The van der Waals surface area contributed by atoms with Crippen LogP contribution in [0.25, 0.3) is 0 Å². The molecule has 3 rings (SSSR count). The van der Waals surface area contributed by atoms with E-state index in [1.165, 1.54) is 30.4 Å². The fourth-order valence-corrected chi connectivity index (χ4v) is 3.69. The van der Waals surface area contributed by atoms with E-state index in [0.29, 0.717) is 18.0 Å². The number of hydrogen-bond acceptors (Lipinski definition) is 4. The van der Waals surface area contributed by atoms with E-state index in [4.69, 9.17) is 4.74 Å². The Balaban J connectivity index is 1.65. The summed E-state index contributed by atoms with van der Waals surface area (Å²) in [6, 6.07) is 21.6. The standard InChI is InChI=1S/C21H22N2O3S/c1-16-5-3-4-6-17(16)15-22-18-7-9-19(10-8-18)23-27(24,25)21-13-11-20(26-2)12-14-21/h3-14,22-23H,15H2,1-2H3. The summed E-state index contributed by atoms with van der Waals surface area (Å²) >= 11 is 0. The van der Waals surface area contributed by atoms with Gasteiger partial charge in [0.1, 0.15) is 5.75 Å². The van der Waals surface area contributed by atoms with E-state index in [-0.39, 0.29) is 4.90 Å². The summed E-state index contributed by atoms with van der Waals surface area (Å²) in [5.74, 6) is 0.609. The zero-order valence-corrected chi connectivity index (χ0v) is 16.1. The first kappa shape index (κ1) is 18.8. The number of methoxy groups -OCH3 is 1. The second kappa shape index (κ2) is 8.14. The van der Waals surface area contributed by atoms with E-state index < -0.39 is 10.0 Å². The maximum absolute atomic E-state index is 12.5. The van der Waals surface area contributed by atoms with Crippen LogP contribution < -0.4 is 14.8 Å². The summed E-state index contributed by atoms with van der Waals surface area (Å²) < 4.78 is 32.6. The van der Waals surface area contributed by atoms with Crippen LogP contribution in [0.1, 0.15) is 11.1 Å². The minimum absolute atomic E-state index is 0.185. The Morgan fingerprint density at radius 2 is 1.48 bits per heavy atom. The van der Waals surface area contributed by atoms with E-state index in [1.807, 2.05) is 24.3 Å². The quantitative estimate of drug-likeness (QED) is 0.635. The normalized spacial score (nSPS) is 11.0. The minimum atomic E-state index is -3.64. The SMILES string of the molecule is COc1ccc(S(=O)(=O)Nc2ccc(NCc3ccccc3C)cc2)cc1. The number of aryl methyl sites for hydroxylation is 1. The van der Waals surface area contributed by atoms with Crippen LogP contribution in [0.2, 0.25) is 0 Å². The van der Waals surface area contributed by atoms with Crippen LogP contribution in [0, 0.1) is 6.92 Å². The summed E-state index contributed by atoms with van der Waals surface area (Å²) in [5, 5.41) is 3.35. The Kier molecular flexibility index (Phi) is 5.66. The molecule has 3 aromatic rings. The Labute approximate surface area is 160 Å². The van der Waals surface area contributed by atoms with Gasteiger partial charge in [0, 0.05) is 17.9 Å². The molecule has 0 bridgehead atoms. The van der Waals surface area contributed by atoms with Crippen molar-refractivity contribution in [1.82, 2.24) is 0 Å². The lowest BCUT2D eigenvalue weighted by Gasteiger charge is -2.11. The molecule has 0 aliphatic rings. The average Bonchev–Trinajstić information content (AvgIpc) is 2.68. The molecule has 0 spiro atoms. The first-order valence-electron chi connectivity index (χ1n) is 8.53. The molecule has 0 atom stereocenters. The summed E-state index contributed by atoms with van der Waals surface area (Å²) in [6.07, 6.45) is 0. The van der Waals surface area contributed by atoms with Gasteiger partial charge < -0.3 is 10.1 Å². The van der Waals surface area contributed by atoms with E-state index in [2.05, 4.69) is 29.1 Å². The zero-order chi connectivity index (χ0) is 19.3. The number of benzene rings is 3. The van der Waals surface area contributed by atoms with Gasteiger partial charge in [-0.1, -0.05) is 24.3 Å². The van der Waals surface area contributed by atoms with Crippen LogP contribution in [0.3, 0.4) is 0 Å². The lowest BCUT2D eigenvalue weighted by atomic mass is 10.1. The highest BCUT2D eigenvalue weighted by atomic mass is 32.2.